The molecule has 1 saturated heterocycles. The standard InChI is InChI=1S/C16H24N2OS/c1-3-4-12-7-8-18(10-12)11-13-5-6-15(19-2)14(9-13)16(17)20/h5-6,9,12H,3-4,7-8,10-11H2,1-2H3,(H2,17,20). The summed E-state index contributed by atoms with van der Waals surface area (Å²) in [6.07, 6.45) is 3.95. The molecule has 0 spiro atoms. The molecule has 1 aliphatic rings. The van der Waals surface area contributed by atoms with Crippen LogP contribution in [-0.4, -0.2) is 30.1 Å². The maximum atomic E-state index is 5.77. The Hall–Kier alpha value is -1.13. The molecule has 0 aromatic heterocycles. The van der Waals surface area contributed by atoms with E-state index >= 15 is 0 Å². The van der Waals surface area contributed by atoms with E-state index in [1.54, 1.807) is 7.11 Å². The lowest BCUT2D eigenvalue weighted by Gasteiger charge is -2.17. The van der Waals surface area contributed by atoms with Crippen LogP contribution in [0.3, 0.4) is 0 Å². The minimum absolute atomic E-state index is 0.397. The van der Waals surface area contributed by atoms with Crippen molar-refractivity contribution in [2.75, 3.05) is 20.2 Å². The first-order chi connectivity index (χ1) is 9.63. The summed E-state index contributed by atoms with van der Waals surface area (Å²) in [5.74, 6) is 1.62. The molecule has 1 aliphatic heterocycles. The van der Waals surface area contributed by atoms with Gasteiger partial charge in [-0.25, -0.2) is 0 Å². The summed E-state index contributed by atoms with van der Waals surface area (Å²) < 4.78 is 5.30. The van der Waals surface area contributed by atoms with E-state index in [-0.39, 0.29) is 0 Å². The van der Waals surface area contributed by atoms with Crippen LogP contribution in [0.1, 0.15) is 37.3 Å². The molecule has 1 aromatic carbocycles. The zero-order valence-electron chi connectivity index (χ0n) is 12.4. The molecule has 1 heterocycles. The van der Waals surface area contributed by atoms with E-state index < -0.39 is 0 Å². The molecule has 20 heavy (non-hydrogen) atoms. The molecule has 0 radical (unpaired) electrons. The molecule has 1 atom stereocenters. The lowest BCUT2D eigenvalue weighted by molar-refractivity contribution is 0.312. The normalized spacial score (nSPS) is 19.2. The van der Waals surface area contributed by atoms with Crippen molar-refractivity contribution in [3.63, 3.8) is 0 Å². The van der Waals surface area contributed by atoms with Crippen molar-refractivity contribution in [1.82, 2.24) is 4.90 Å². The number of nitrogens with zero attached hydrogens (tertiary/aromatic N) is 1. The summed E-state index contributed by atoms with van der Waals surface area (Å²) in [7, 11) is 1.65. The molecule has 110 valence electrons. The van der Waals surface area contributed by atoms with Crippen molar-refractivity contribution in [1.29, 1.82) is 0 Å². The fourth-order valence-electron chi connectivity index (χ4n) is 3.00. The summed E-state index contributed by atoms with van der Waals surface area (Å²) in [6, 6.07) is 6.13. The Morgan fingerprint density at radius 1 is 1.50 bits per heavy atom. The van der Waals surface area contributed by atoms with Gasteiger partial charge in [-0.1, -0.05) is 31.6 Å². The van der Waals surface area contributed by atoms with E-state index in [0.29, 0.717) is 4.99 Å². The molecule has 2 N–H and O–H groups in total. The molecule has 0 saturated carbocycles. The topological polar surface area (TPSA) is 38.5 Å². The Kier molecular flexibility index (Phi) is 5.38. The molecule has 2 rings (SSSR count). The Morgan fingerprint density at radius 3 is 2.95 bits per heavy atom. The van der Waals surface area contributed by atoms with Crippen LogP contribution < -0.4 is 10.5 Å². The quantitative estimate of drug-likeness (QED) is 0.818. The first-order valence-corrected chi connectivity index (χ1v) is 7.74. The van der Waals surface area contributed by atoms with E-state index in [0.717, 1.165) is 23.8 Å². The molecule has 1 aromatic rings. The van der Waals surface area contributed by atoms with Crippen molar-refractivity contribution >= 4 is 17.2 Å². The minimum atomic E-state index is 0.397. The van der Waals surface area contributed by atoms with Gasteiger partial charge < -0.3 is 10.5 Å². The van der Waals surface area contributed by atoms with E-state index in [1.165, 1.54) is 37.9 Å². The van der Waals surface area contributed by atoms with Crippen LogP contribution in [-0.2, 0) is 6.54 Å². The third-order valence-electron chi connectivity index (χ3n) is 4.00. The monoisotopic (exact) mass is 292 g/mol. The molecule has 4 heteroatoms. The number of ether oxygens (including phenoxy) is 1. The first-order valence-electron chi connectivity index (χ1n) is 7.33. The van der Waals surface area contributed by atoms with Crippen molar-refractivity contribution in [2.45, 2.75) is 32.7 Å². The maximum Gasteiger partial charge on any atom is 0.129 e. The van der Waals surface area contributed by atoms with Gasteiger partial charge in [-0.2, -0.15) is 0 Å². The Morgan fingerprint density at radius 2 is 2.30 bits per heavy atom. The molecule has 0 amide bonds. The summed E-state index contributed by atoms with van der Waals surface area (Å²) in [6.45, 7) is 5.64. The van der Waals surface area contributed by atoms with Gasteiger partial charge in [0.05, 0.1) is 12.7 Å². The molecule has 1 fully saturated rings. The molecule has 1 unspecified atom stereocenters. The van der Waals surface area contributed by atoms with Crippen LogP contribution in [0.25, 0.3) is 0 Å². The highest BCUT2D eigenvalue weighted by atomic mass is 32.1. The largest absolute Gasteiger partial charge is 0.496 e. The molecular formula is C16H24N2OS. The summed E-state index contributed by atoms with van der Waals surface area (Å²) in [4.78, 5) is 2.92. The van der Waals surface area contributed by atoms with Gasteiger partial charge in [-0.05, 0) is 43.0 Å². The second-order valence-electron chi connectivity index (χ2n) is 5.58. The number of hydrogen-bond donors (Lipinski definition) is 1. The summed E-state index contributed by atoms with van der Waals surface area (Å²) in [5.41, 5.74) is 7.86. The highest BCUT2D eigenvalue weighted by molar-refractivity contribution is 7.80. The number of hydrogen-bond acceptors (Lipinski definition) is 3. The fourth-order valence-corrected chi connectivity index (χ4v) is 3.16. The summed E-state index contributed by atoms with van der Waals surface area (Å²) in [5, 5.41) is 0. The van der Waals surface area contributed by atoms with E-state index in [9.17, 15) is 0 Å². The maximum absolute atomic E-state index is 5.77. The highest BCUT2D eigenvalue weighted by Gasteiger charge is 2.21. The second-order valence-corrected chi connectivity index (χ2v) is 6.02. The average Bonchev–Trinajstić information content (AvgIpc) is 2.86. The molecule has 0 bridgehead atoms. The summed E-state index contributed by atoms with van der Waals surface area (Å²) >= 11 is 5.10. The highest BCUT2D eigenvalue weighted by Crippen LogP contribution is 2.25. The van der Waals surface area contributed by atoms with E-state index in [2.05, 4.69) is 24.0 Å². The number of nitrogens with two attached hydrogens (primary N) is 1. The minimum Gasteiger partial charge on any atom is -0.496 e. The Labute approximate surface area is 127 Å². The third-order valence-corrected chi connectivity index (χ3v) is 4.22. The van der Waals surface area contributed by atoms with Crippen molar-refractivity contribution in [3.05, 3.63) is 29.3 Å². The number of rotatable bonds is 6. The van der Waals surface area contributed by atoms with Gasteiger partial charge in [-0.3, -0.25) is 4.90 Å². The Bertz CT molecular complexity index is 476. The van der Waals surface area contributed by atoms with Gasteiger partial charge in [0, 0.05) is 13.1 Å². The number of methoxy groups -OCH3 is 1. The number of benzene rings is 1. The molecular weight excluding hydrogens is 268 g/mol. The van der Waals surface area contributed by atoms with Gasteiger partial charge >= 0.3 is 0 Å². The predicted octanol–water partition coefficient (Wildman–Crippen LogP) is 2.95. The zero-order chi connectivity index (χ0) is 14.5. The van der Waals surface area contributed by atoms with Gasteiger partial charge in [0.15, 0.2) is 0 Å². The third kappa shape index (κ3) is 3.70. The molecule has 0 aliphatic carbocycles. The van der Waals surface area contributed by atoms with Crippen LogP contribution in [0.15, 0.2) is 18.2 Å². The lowest BCUT2D eigenvalue weighted by Crippen LogP contribution is -2.20. The second kappa shape index (κ2) is 7.04. The van der Waals surface area contributed by atoms with Crippen LogP contribution in [0.2, 0.25) is 0 Å². The van der Waals surface area contributed by atoms with E-state index in [1.807, 2.05) is 6.07 Å². The van der Waals surface area contributed by atoms with Gasteiger partial charge in [-0.15, -0.1) is 0 Å². The molecule has 3 nitrogen and oxygen atoms in total. The zero-order valence-corrected chi connectivity index (χ0v) is 13.2. The van der Waals surface area contributed by atoms with Gasteiger partial charge in [0.2, 0.25) is 0 Å². The lowest BCUT2D eigenvalue weighted by atomic mass is 10.0. The predicted molar refractivity (Wildman–Crippen MR) is 87.2 cm³/mol. The SMILES string of the molecule is CCCC1CCN(Cc2ccc(OC)c(C(N)=S)c2)C1. The van der Waals surface area contributed by atoms with Gasteiger partial charge in [0.1, 0.15) is 10.7 Å². The van der Waals surface area contributed by atoms with Crippen LogP contribution in [0.4, 0.5) is 0 Å². The average molecular weight is 292 g/mol. The fraction of sp³-hybridized carbons (Fsp3) is 0.562. The smallest absolute Gasteiger partial charge is 0.129 e. The van der Waals surface area contributed by atoms with Crippen LogP contribution in [0, 0.1) is 5.92 Å². The number of thiocarbonyl (C=S) groups is 1. The van der Waals surface area contributed by atoms with Crippen molar-refractivity contribution < 1.29 is 4.74 Å². The van der Waals surface area contributed by atoms with E-state index in [4.69, 9.17) is 22.7 Å². The first kappa shape index (κ1) is 15.3. The Balaban J connectivity index is 2.03. The van der Waals surface area contributed by atoms with Crippen molar-refractivity contribution in [2.24, 2.45) is 11.7 Å². The van der Waals surface area contributed by atoms with Crippen molar-refractivity contribution in [3.8, 4) is 5.75 Å². The number of likely N-dealkylation sites (tertiary alicyclic amines) is 1. The van der Waals surface area contributed by atoms with Gasteiger partial charge in [0.25, 0.3) is 0 Å². The van der Waals surface area contributed by atoms with Crippen LogP contribution in [0.5, 0.6) is 5.75 Å². The van der Waals surface area contributed by atoms with Crippen LogP contribution >= 0.6 is 12.2 Å².